The van der Waals surface area contributed by atoms with E-state index in [-0.39, 0.29) is 0 Å². The minimum atomic E-state index is -1.81. The van der Waals surface area contributed by atoms with E-state index in [1.807, 2.05) is 0 Å². The summed E-state index contributed by atoms with van der Waals surface area (Å²) >= 11 is 0. The van der Waals surface area contributed by atoms with Gasteiger partial charge in [0.15, 0.2) is 23.3 Å². The monoisotopic (exact) mass is 212 g/mol. The third kappa shape index (κ3) is 1.45. The summed E-state index contributed by atoms with van der Waals surface area (Å²) < 4.78 is 63.0. The van der Waals surface area contributed by atoms with Gasteiger partial charge in [-0.3, -0.25) is 0 Å². The fourth-order valence-electron chi connectivity index (χ4n) is 0.979. The molecule has 0 saturated heterocycles. The Bertz CT molecular complexity index is 299. The molecule has 0 aliphatic rings. The van der Waals surface area contributed by atoms with Crippen LogP contribution in [0.4, 0.5) is 22.0 Å². The van der Waals surface area contributed by atoms with Crippen molar-refractivity contribution in [1.29, 1.82) is 0 Å². The van der Waals surface area contributed by atoms with Crippen molar-refractivity contribution in [3.63, 3.8) is 0 Å². The summed E-state index contributed by atoms with van der Waals surface area (Å²) in [7, 11) is 0. The second kappa shape index (κ2) is 3.91. The molecule has 0 amide bonds. The van der Waals surface area contributed by atoms with Crippen LogP contribution in [0.1, 0.15) is 11.1 Å². The predicted octanol–water partition coefficient (Wildman–Crippen LogP) is 2.20. The van der Waals surface area contributed by atoms with E-state index in [0.717, 1.165) is 0 Å². The minimum absolute atomic E-state index is 1.14. The van der Waals surface area contributed by atoms with Crippen molar-refractivity contribution < 1.29 is 27.1 Å². The van der Waals surface area contributed by atoms with Crippen molar-refractivity contribution in [3.05, 3.63) is 34.4 Å². The van der Waals surface area contributed by atoms with E-state index < -0.39 is 47.7 Å². The Labute approximate surface area is 75.8 Å². The van der Waals surface area contributed by atoms with Gasteiger partial charge >= 0.3 is 0 Å². The van der Waals surface area contributed by atoms with E-state index in [1.54, 1.807) is 0 Å². The van der Waals surface area contributed by atoms with Crippen molar-refractivity contribution in [3.8, 4) is 0 Å². The van der Waals surface area contributed by atoms with Crippen LogP contribution in [-0.2, 0) is 13.3 Å². The summed E-state index contributed by atoms with van der Waals surface area (Å²) in [6.45, 7) is -2.85. The Morgan fingerprint density at radius 3 is 1.43 bits per heavy atom. The van der Waals surface area contributed by atoms with Crippen molar-refractivity contribution >= 4 is 0 Å². The molecule has 0 fully saturated rings. The maximum atomic E-state index is 12.8. The third-order valence-corrected chi connectivity index (χ3v) is 1.74. The van der Waals surface area contributed by atoms with Gasteiger partial charge in [0.1, 0.15) is 6.67 Å². The molecule has 0 atom stereocenters. The molecule has 1 aromatic carbocycles. The van der Waals surface area contributed by atoms with Gasteiger partial charge in [-0.15, -0.1) is 0 Å². The summed E-state index contributed by atoms with van der Waals surface area (Å²) in [6.07, 6.45) is 0. The number of hydrogen-bond acceptors (Lipinski definition) is 1. The first-order valence-corrected chi connectivity index (χ1v) is 3.55. The van der Waals surface area contributed by atoms with Crippen LogP contribution in [0.3, 0.4) is 0 Å². The van der Waals surface area contributed by atoms with Crippen LogP contribution in [0.2, 0.25) is 0 Å². The van der Waals surface area contributed by atoms with E-state index in [4.69, 9.17) is 5.11 Å². The molecule has 0 aromatic heterocycles. The van der Waals surface area contributed by atoms with Gasteiger partial charge in [-0.25, -0.2) is 22.0 Å². The number of rotatable bonds is 2. The SMILES string of the molecule is OCc1c(F)c(F)c(CF)c(F)c1F. The molecule has 1 rings (SSSR count). The standard InChI is InChI=1S/C8H5F5O/c9-1-3-5(10)7(12)4(2-14)8(13)6(3)11/h14H,1-2H2. The maximum absolute atomic E-state index is 12.8. The minimum Gasteiger partial charge on any atom is -0.391 e. The van der Waals surface area contributed by atoms with Gasteiger partial charge in [-0.1, -0.05) is 0 Å². The van der Waals surface area contributed by atoms with E-state index in [9.17, 15) is 22.0 Å². The van der Waals surface area contributed by atoms with E-state index in [0.29, 0.717) is 0 Å². The van der Waals surface area contributed by atoms with Gasteiger partial charge in [0.25, 0.3) is 0 Å². The van der Waals surface area contributed by atoms with Crippen LogP contribution in [0, 0.1) is 23.3 Å². The molecule has 0 unspecified atom stereocenters. The highest BCUT2D eigenvalue weighted by Gasteiger charge is 2.24. The summed E-state index contributed by atoms with van der Waals surface area (Å²) in [5, 5.41) is 8.40. The van der Waals surface area contributed by atoms with E-state index >= 15 is 0 Å². The van der Waals surface area contributed by atoms with Gasteiger partial charge in [-0.2, -0.15) is 0 Å². The van der Waals surface area contributed by atoms with E-state index in [1.165, 1.54) is 0 Å². The first-order valence-electron chi connectivity index (χ1n) is 3.55. The number of hydrogen-bond donors (Lipinski definition) is 1. The van der Waals surface area contributed by atoms with Gasteiger partial charge < -0.3 is 5.11 Å². The molecule has 0 radical (unpaired) electrons. The van der Waals surface area contributed by atoms with Crippen molar-refractivity contribution in [2.24, 2.45) is 0 Å². The molecule has 0 spiro atoms. The lowest BCUT2D eigenvalue weighted by atomic mass is 10.1. The van der Waals surface area contributed by atoms with Crippen LogP contribution >= 0.6 is 0 Å². The molecule has 0 heterocycles. The summed E-state index contributed by atoms with van der Waals surface area (Å²) in [5.41, 5.74) is -2.45. The normalized spacial score (nSPS) is 10.7. The highest BCUT2D eigenvalue weighted by Crippen LogP contribution is 2.24. The van der Waals surface area contributed by atoms with Crippen LogP contribution in [0.15, 0.2) is 0 Å². The lowest BCUT2D eigenvalue weighted by molar-refractivity contribution is 0.261. The molecule has 1 aromatic rings. The Morgan fingerprint density at radius 2 is 1.14 bits per heavy atom. The lowest BCUT2D eigenvalue weighted by Crippen LogP contribution is -2.07. The van der Waals surface area contributed by atoms with Crippen LogP contribution in [0.5, 0.6) is 0 Å². The Balaban J connectivity index is 3.55. The Kier molecular flexibility index (Phi) is 3.05. The second-order valence-electron chi connectivity index (χ2n) is 2.50. The van der Waals surface area contributed by atoms with Gasteiger partial charge in [-0.05, 0) is 0 Å². The molecule has 0 saturated carbocycles. The first-order chi connectivity index (χ1) is 6.54. The predicted molar refractivity (Wildman–Crippen MR) is 37.0 cm³/mol. The van der Waals surface area contributed by atoms with Gasteiger partial charge in [0, 0.05) is 0 Å². The molecular formula is C8H5F5O. The topological polar surface area (TPSA) is 20.2 Å². The third-order valence-electron chi connectivity index (χ3n) is 1.74. The van der Waals surface area contributed by atoms with Crippen LogP contribution in [0.25, 0.3) is 0 Å². The Morgan fingerprint density at radius 1 is 0.786 bits per heavy atom. The molecule has 6 heteroatoms. The molecule has 78 valence electrons. The smallest absolute Gasteiger partial charge is 0.168 e. The highest BCUT2D eigenvalue weighted by atomic mass is 19.2. The average molecular weight is 212 g/mol. The second-order valence-corrected chi connectivity index (χ2v) is 2.50. The maximum Gasteiger partial charge on any atom is 0.168 e. The van der Waals surface area contributed by atoms with Gasteiger partial charge in [0.2, 0.25) is 0 Å². The Hall–Kier alpha value is -1.17. The number of aliphatic hydroxyl groups is 1. The zero-order valence-corrected chi connectivity index (χ0v) is 6.75. The van der Waals surface area contributed by atoms with E-state index in [2.05, 4.69) is 0 Å². The fraction of sp³-hybridized carbons (Fsp3) is 0.250. The molecule has 1 nitrogen and oxygen atoms in total. The highest BCUT2D eigenvalue weighted by molar-refractivity contribution is 5.29. The summed E-state index contributed by atoms with van der Waals surface area (Å²) in [5.74, 6) is -7.15. The molecule has 0 bridgehead atoms. The number of aliphatic hydroxyl groups excluding tert-OH is 1. The largest absolute Gasteiger partial charge is 0.391 e. The molecule has 0 aliphatic heterocycles. The molecule has 0 aliphatic carbocycles. The number of benzene rings is 1. The quantitative estimate of drug-likeness (QED) is 0.588. The number of alkyl halides is 1. The fourth-order valence-corrected chi connectivity index (χ4v) is 0.979. The summed E-state index contributed by atoms with van der Waals surface area (Å²) in [6, 6.07) is 0. The van der Waals surface area contributed by atoms with Crippen molar-refractivity contribution in [2.75, 3.05) is 0 Å². The average Bonchev–Trinajstić information content (AvgIpc) is 2.17. The summed E-state index contributed by atoms with van der Waals surface area (Å²) in [4.78, 5) is 0. The zero-order valence-electron chi connectivity index (χ0n) is 6.75. The molecular weight excluding hydrogens is 207 g/mol. The van der Waals surface area contributed by atoms with Crippen LogP contribution in [-0.4, -0.2) is 5.11 Å². The molecule has 14 heavy (non-hydrogen) atoms. The number of halogens is 5. The first kappa shape index (κ1) is 10.9. The van der Waals surface area contributed by atoms with Crippen molar-refractivity contribution in [1.82, 2.24) is 0 Å². The molecule has 1 N–H and O–H groups in total. The lowest BCUT2D eigenvalue weighted by Gasteiger charge is -2.07. The zero-order chi connectivity index (χ0) is 10.9. The van der Waals surface area contributed by atoms with Crippen LogP contribution < -0.4 is 0 Å². The van der Waals surface area contributed by atoms with Crippen molar-refractivity contribution in [2.45, 2.75) is 13.3 Å². The van der Waals surface area contributed by atoms with Gasteiger partial charge in [0.05, 0.1) is 17.7 Å².